The van der Waals surface area contributed by atoms with E-state index < -0.39 is 0 Å². The van der Waals surface area contributed by atoms with Gasteiger partial charge in [-0.25, -0.2) is 0 Å². The van der Waals surface area contributed by atoms with Gasteiger partial charge in [0.2, 0.25) is 5.91 Å². The fraction of sp³-hybridized carbons (Fsp3) is 0.577. The van der Waals surface area contributed by atoms with Gasteiger partial charge >= 0.3 is 0 Å². The summed E-state index contributed by atoms with van der Waals surface area (Å²) in [4.78, 5) is 15.7. The summed E-state index contributed by atoms with van der Waals surface area (Å²) >= 11 is 1.59. The maximum absolute atomic E-state index is 12.2. The van der Waals surface area contributed by atoms with E-state index in [1.54, 1.807) is 11.8 Å². The summed E-state index contributed by atoms with van der Waals surface area (Å²) in [5, 5.41) is 3.04. The third-order valence-corrected chi connectivity index (χ3v) is 5.56. The minimum Gasteiger partial charge on any atom is -0.354 e. The molecule has 0 heterocycles. The summed E-state index contributed by atoms with van der Waals surface area (Å²) < 4.78 is 0. The van der Waals surface area contributed by atoms with Crippen LogP contribution in [-0.4, -0.2) is 42.7 Å². The minimum atomic E-state index is -0.0188. The lowest BCUT2D eigenvalue weighted by Crippen LogP contribution is -2.36. The fourth-order valence-electron chi connectivity index (χ4n) is 2.63. The maximum atomic E-state index is 12.2. The van der Waals surface area contributed by atoms with Crippen molar-refractivity contribution in [2.75, 3.05) is 31.9 Å². The molecule has 0 aliphatic rings. The summed E-state index contributed by atoms with van der Waals surface area (Å²) in [7, 11) is 0. The monoisotopic (exact) mass is 426 g/mol. The van der Waals surface area contributed by atoms with Gasteiger partial charge in [-0.2, -0.15) is 0 Å². The van der Waals surface area contributed by atoms with E-state index in [1.807, 2.05) is 0 Å². The Morgan fingerprint density at radius 2 is 1.87 bits per heavy atom. The van der Waals surface area contributed by atoms with Gasteiger partial charge in [0.25, 0.3) is 0 Å². The van der Waals surface area contributed by atoms with Gasteiger partial charge in [0.15, 0.2) is 0 Å². The van der Waals surface area contributed by atoms with E-state index >= 15 is 0 Å². The maximum Gasteiger partial charge on any atom is 0.230 e. The second-order valence-electron chi connectivity index (χ2n) is 8.67. The van der Waals surface area contributed by atoms with E-state index in [4.69, 9.17) is 0 Å². The molecule has 1 N–H and O–H groups in total. The molecule has 1 aromatic rings. The molecule has 1 rings (SSSR count). The first-order valence-corrected chi connectivity index (χ1v) is 11.9. The van der Waals surface area contributed by atoms with Crippen LogP contribution in [-0.2, 0) is 4.79 Å². The van der Waals surface area contributed by atoms with Crippen LogP contribution < -0.4 is 5.32 Å². The van der Waals surface area contributed by atoms with E-state index in [1.165, 1.54) is 24.0 Å². The van der Waals surface area contributed by atoms with Gasteiger partial charge in [-0.15, -0.1) is 11.8 Å². The average molecular weight is 427 g/mol. The number of unbranched alkanes of at least 4 members (excludes halogenated alkanes) is 2. The van der Waals surface area contributed by atoms with Crippen molar-refractivity contribution in [1.82, 2.24) is 10.2 Å². The number of thioether (sulfide) groups is 1. The number of hydrogen-bond acceptors (Lipinski definition) is 3. The second-order valence-corrected chi connectivity index (χ2v) is 9.72. The highest BCUT2D eigenvalue weighted by atomic mass is 32.2. The molecular weight excluding hydrogens is 388 g/mol. The van der Waals surface area contributed by atoms with Gasteiger partial charge in [0, 0.05) is 23.4 Å². The van der Waals surface area contributed by atoms with E-state index in [9.17, 15) is 4.79 Å². The Labute approximate surface area is 188 Å². The Hall–Kier alpha value is -1.88. The molecule has 0 spiro atoms. The highest BCUT2D eigenvalue weighted by molar-refractivity contribution is 8.00. The van der Waals surface area contributed by atoms with Crippen LogP contribution in [0, 0.1) is 42.9 Å². The van der Waals surface area contributed by atoms with Crippen LogP contribution >= 0.6 is 11.8 Å². The van der Waals surface area contributed by atoms with Crippen LogP contribution in [0.15, 0.2) is 23.1 Å². The van der Waals surface area contributed by atoms with Crippen LogP contribution in [0.2, 0.25) is 0 Å². The molecule has 0 aromatic heterocycles. The van der Waals surface area contributed by atoms with Crippen molar-refractivity contribution in [2.45, 2.75) is 65.7 Å². The van der Waals surface area contributed by atoms with Crippen LogP contribution in [0.1, 0.15) is 58.1 Å². The first kappa shape index (κ1) is 26.2. The number of hydrogen-bond donors (Lipinski definition) is 1. The second kappa shape index (κ2) is 14.2. The van der Waals surface area contributed by atoms with Crippen LogP contribution in [0.25, 0.3) is 0 Å². The number of nitrogens with one attached hydrogen (secondary N) is 1. The smallest absolute Gasteiger partial charge is 0.230 e. The lowest BCUT2D eigenvalue weighted by Gasteiger charge is -2.19. The molecule has 0 saturated carbocycles. The normalized spacial score (nSPS) is 10.8. The van der Waals surface area contributed by atoms with Crippen molar-refractivity contribution in [3.63, 3.8) is 0 Å². The van der Waals surface area contributed by atoms with Crippen molar-refractivity contribution >= 4 is 17.7 Å². The molecule has 3 nitrogen and oxygen atoms in total. The molecule has 0 saturated heterocycles. The Morgan fingerprint density at radius 1 is 1.10 bits per heavy atom. The Morgan fingerprint density at radius 3 is 2.53 bits per heavy atom. The number of carbonyl (C=O) groups is 1. The van der Waals surface area contributed by atoms with Crippen LogP contribution in [0.3, 0.4) is 0 Å². The van der Waals surface area contributed by atoms with Gasteiger partial charge in [0.1, 0.15) is 0 Å². The average Bonchev–Trinajstić information content (AvgIpc) is 2.67. The number of rotatable bonds is 11. The highest BCUT2D eigenvalue weighted by Gasteiger charge is 2.07. The zero-order valence-electron chi connectivity index (χ0n) is 19.7. The molecule has 0 atom stereocenters. The third kappa shape index (κ3) is 12.6. The molecule has 30 heavy (non-hydrogen) atoms. The van der Waals surface area contributed by atoms with Gasteiger partial charge in [-0.1, -0.05) is 37.7 Å². The molecule has 0 bridgehead atoms. The Balaban J connectivity index is 2.43. The van der Waals surface area contributed by atoms with Gasteiger partial charge in [0.05, 0.1) is 12.3 Å². The van der Waals surface area contributed by atoms with Crippen molar-refractivity contribution in [3.8, 4) is 23.7 Å². The van der Waals surface area contributed by atoms with Gasteiger partial charge in [-0.3, -0.25) is 9.69 Å². The number of benzene rings is 1. The first-order chi connectivity index (χ1) is 14.2. The summed E-state index contributed by atoms with van der Waals surface area (Å²) in [6.45, 7) is 15.8. The molecule has 0 aliphatic carbocycles. The molecule has 0 fully saturated rings. The predicted octanol–water partition coefficient (Wildman–Crippen LogP) is 5.06. The molecule has 1 aromatic carbocycles. The Bertz CT molecular complexity index is 787. The third-order valence-electron chi connectivity index (χ3n) is 4.57. The predicted molar refractivity (Wildman–Crippen MR) is 131 cm³/mol. The fourth-order valence-corrected chi connectivity index (χ4v) is 3.45. The van der Waals surface area contributed by atoms with Gasteiger partial charge in [-0.05, 0) is 82.7 Å². The first-order valence-electron chi connectivity index (χ1n) is 10.9. The van der Waals surface area contributed by atoms with Crippen LogP contribution in [0.4, 0.5) is 0 Å². The minimum absolute atomic E-state index is 0.0188. The van der Waals surface area contributed by atoms with Crippen molar-refractivity contribution in [2.24, 2.45) is 5.41 Å². The largest absolute Gasteiger partial charge is 0.354 e. The van der Waals surface area contributed by atoms with Crippen molar-refractivity contribution < 1.29 is 4.79 Å². The molecule has 164 valence electrons. The van der Waals surface area contributed by atoms with Crippen LogP contribution in [0.5, 0.6) is 0 Å². The molecule has 0 aliphatic heterocycles. The number of carbonyl (C=O) groups excluding carboxylic acids is 1. The molecule has 4 heteroatoms. The van der Waals surface area contributed by atoms with Crippen molar-refractivity contribution in [1.29, 1.82) is 0 Å². The zero-order chi connectivity index (χ0) is 22.4. The quantitative estimate of drug-likeness (QED) is 0.305. The standard InChI is InChI=1S/C26H38N2OS/c1-7-8-11-17-28(18-12-9-10-15-26(4,5)6)19-16-27-25(29)21-30-24-14-13-22(2)23(3)20-24/h13-14,20H,7-8,11,16-19,21H2,1-6H3,(H,27,29). The Kier molecular flexibility index (Phi) is 12.4. The van der Waals surface area contributed by atoms with E-state index in [0.717, 1.165) is 24.4 Å². The molecular formula is C26H38N2OS. The number of amides is 1. The number of nitrogens with zero attached hydrogens (tertiary/aromatic N) is 1. The lowest BCUT2D eigenvalue weighted by molar-refractivity contribution is -0.118. The topological polar surface area (TPSA) is 32.3 Å². The molecule has 0 radical (unpaired) electrons. The van der Waals surface area contributed by atoms with Crippen molar-refractivity contribution in [3.05, 3.63) is 29.3 Å². The lowest BCUT2D eigenvalue weighted by atomic mass is 9.98. The van der Waals surface area contributed by atoms with E-state index in [2.05, 4.69) is 93.6 Å². The summed E-state index contributed by atoms with van der Waals surface area (Å²) in [5.41, 5.74) is 2.52. The summed E-state index contributed by atoms with van der Waals surface area (Å²) in [6, 6.07) is 6.33. The highest BCUT2D eigenvalue weighted by Crippen LogP contribution is 2.20. The van der Waals surface area contributed by atoms with E-state index in [-0.39, 0.29) is 11.3 Å². The number of aryl methyl sites for hydroxylation is 2. The SMILES string of the molecule is CCCCCN(CC#CC#CC(C)(C)C)CCNC(=O)CSc1ccc(C)c(C)c1. The van der Waals surface area contributed by atoms with Gasteiger partial charge < -0.3 is 5.32 Å². The zero-order valence-corrected chi connectivity index (χ0v) is 20.5. The molecule has 1 amide bonds. The van der Waals surface area contributed by atoms with E-state index in [0.29, 0.717) is 18.8 Å². The summed E-state index contributed by atoms with van der Waals surface area (Å²) in [5.74, 6) is 12.7. The summed E-state index contributed by atoms with van der Waals surface area (Å²) in [6.07, 6.45) is 3.57. The molecule has 0 unspecified atom stereocenters.